The summed E-state index contributed by atoms with van der Waals surface area (Å²) >= 11 is 0. The first-order valence-electron chi connectivity index (χ1n) is 4.83. The van der Waals surface area contributed by atoms with Crippen LogP contribution >= 0.6 is 0 Å². The highest BCUT2D eigenvalue weighted by molar-refractivity contribution is 5.51. The zero-order valence-electron chi connectivity index (χ0n) is 8.73. The molecule has 0 N–H and O–H groups in total. The Morgan fingerprint density at radius 2 is 2.07 bits per heavy atom. The lowest BCUT2D eigenvalue weighted by atomic mass is 10.2. The molecule has 1 aromatic carbocycles. The molecule has 0 saturated carbocycles. The first-order chi connectivity index (χ1) is 6.86. The Morgan fingerprint density at radius 3 is 2.79 bits per heavy atom. The van der Waals surface area contributed by atoms with E-state index in [4.69, 9.17) is 4.74 Å². The van der Waals surface area contributed by atoms with Gasteiger partial charge in [-0.15, -0.1) is 0 Å². The third kappa shape index (κ3) is 3.48. The summed E-state index contributed by atoms with van der Waals surface area (Å²) in [4.78, 5) is 0. The predicted octanol–water partition coefficient (Wildman–Crippen LogP) is 3.67. The van der Waals surface area contributed by atoms with Crippen LogP contribution in [0.3, 0.4) is 0 Å². The fraction of sp³-hybridized carbons (Fsp3) is 0.231. The molecule has 1 rings (SSSR count). The average molecular weight is 188 g/mol. The van der Waals surface area contributed by atoms with Gasteiger partial charge in [-0.2, -0.15) is 0 Å². The van der Waals surface area contributed by atoms with Crippen molar-refractivity contribution in [3.05, 3.63) is 48.1 Å². The van der Waals surface area contributed by atoms with Crippen LogP contribution in [-0.4, -0.2) is 6.61 Å². The van der Waals surface area contributed by atoms with E-state index in [-0.39, 0.29) is 0 Å². The minimum atomic E-state index is 0.635. The standard InChI is InChI=1S/C13H16O/c1-3-5-10-14-13-9-6-8-12(11-13)7-4-2/h3-9,11H,10H2,1-2H3/b5-3?,7-4+. The number of benzene rings is 1. The molecule has 0 saturated heterocycles. The molecule has 0 unspecified atom stereocenters. The second-order valence-corrected chi connectivity index (χ2v) is 2.95. The van der Waals surface area contributed by atoms with Gasteiger partial charge in [0.1, 0.15) is 12.4 Å². The third-order valence-corrected chi connectivity index (χ3v) is 1.80. The first kappa shape index (κ1) is 10.6. The number of hydrogen-bond acceptors (Lipinski definition) is 1. The quantitative estimate of drug-likeness (QED) is 0.655. The average Bonchev–Trinajstić information content (AvgIpc) is 2.19. The van der Waals surface area contributed by atoms with Crippen LogP contribution in [0.1, 0.15) is 19.4 Å². The van der Waals surface area contributed by atoms with Crippen molar-refractivity contribution < 1.29 is 4.74 Å². The largest absolute Gasteiger partial charge is 0.490 e. The minimum absolute atomic E-state index is 0.635. The Bertz CT molecular complexity index is 324. The molecule has 0 aromatic heterocycles. The van der Waals surface area contributed by atoms with Gasteiger partial charge in [-0.1, -0.05) is 36.4 Å². The summed E-state index contributed by atoms with van der Waals surface area (Å²) in [5.74, 6) is 0.915. The second kappa shape index (κ2) is 6.03. The van der Waals surface area contributed by atoms with Crippen LogP contribution in [0.5, 0.6) is 5.75 Å². The summed E-state index contributed by atoms with van der Waals surface area (Å²) in [5, 5.41) is 0. The van der Waals surface area contributed by atoms with Crippen molar-refractivity contribution in [3.63, 3.8) is 0 Å². The van der Waals surface area contributed by atoms with Crippen molar-refractivity contribution >= 4 is 6.08 Å². The molecular formula is C13H16O. The van der Waals surface area contributed by atoms with Gasteiger partial charge >= 0.3 is 0 Å². The number of rotatable bonds is 4. The monoisotopic (exact) mass is 188 g/mol. The molecular weight excluding hydrogens is 172 g/mol. The molecule has 1 heteroatoms. The number of hydrogen-bond donors (Lipinski definition) is 0. The normalized spacial score (nSPS) is 11.3. The molecule has 74 valence electrons. The highest BCUT2D eigenvalue weighted by Crippen LogP contribution is 2.14. The van der Waals surface area contributed by atoms with Crippen LogP contribution in [0.4, 0.5) is 0 Å². The van der Waals surface area contributed by atoms with E-state index in [0.717, 1.165) is 5.75 Å². The van der Waals surface area contributed by atoms with Gasteiger partial charge in [0.15, 0.2) is 0 Å². The first-order valence-corrected chi connectivity index (χ1v) is 4.83. The Balaban J connectivity index is 2.63. The molecule has 0 heterocycles. The number of allylic oxidation sites excluding steroid dienone is 2. The van der Waals surface area contributed by atoms with Gasteiger partial charge in [0.25, 0.3) is 0 Å². The van der Waals surface area contributed by atoms with E-state index in [1.54, 1.807) is 0 Å². The second-order valence-electron chi connectivity index (χ2n) is 2.95. The summed E-state index contributed by atoms with van der Waals surface area (Å²) in [5.41, 5.74) is 1.17. The van der Waals surface area contributed by atoms with E-state index >= 15 is 0 Å². The van der Waals surface area contributed by atoms with Gasteiger partial charge in [0.2, 0.25) is 0 Å². The van der Waals surface area contributed by atoms with Gasteiger partial charge in [-0.25, -0.2) is 0 Å². The third-order valence-electron chi connectivity index (χ3n) is 1.80. The minimum Gasteiger partial charge on any atom is -0.490 e. The van der Waals surface area contributed by atoms with Gasteiger partial charge in [0.05, 0.1) is 0 Å². The van der Waals surface area contributed by atoms with E-state index in [2.05, 4.69) is 12.1 Å². The molecule has 0 aliphatic heterocycles. The lowest BCUT2D eigenvalue weighted by Gasteiger charge is -2.03. The fourth-order valence-corrected chi connectivity index (χ4v) is 1.14. The zero-order chi connectivity index (χ0) is 10.2. The lowest BCUT2D eigenvalue weighted by molar-refractivity contribution is 0.362. The smallest absolute Gasteiger partial charge is 0.120 e. The van der Waals surface area contributed by atoms with Crippen molar-refractivity contribution in [2.24, 2.45) is 0 Å². The van der Waals surface area contributed by atoms with E-state index in [0.29, 0.717) is 6.61 Å². The summed E-state index contributed by atoms with van der Waals surface area (Å²) in [6.45, 7) is 4.63. The van der Waals surface area contributed by atoms with Crippen molar-refractivity contribution in [2.45, 2.75) is 13.8 Å². The van der Waals surface area contributed by atoms with E-state index in [1.165, 1.54) is 5.56 Å². The maximum Gasteiger partial charge on any atom is 0.120 e. The SMILES string of the molecule is CC=CCOc1cccc(/C=C/C)c1. The highest BCUT2D eigenvalue weighted by Gasteiger charge is 1.92. The van der Waals surface area contributed by atoms with Crippen molar-refractivity contribution in [2.75, 3.05) is 6.61 Å². The Hall–Kier alpha value is -1.50. The van der Waals surface area contributed by atoms with Crippen LogP contribution in [0.15, 0.2) is 42.5 Å². The molecule has 0 aliphatic carbocycles. The van der Waals surface area contributed by atoms with Crippen LogP contribution < -0.4 is 4.74 Å². The van der Waals surface area contributed by atoms with Crippen molar-refractivity contribution in [3.8, 4) is 5.75 Å². The molecule has 0 radical (unpaired) electrons. The van der Waals surface area contributed by atoms with E-state index in [9.17, 15) is 0 Å². The Morgan fingerprint density at radius 1 is 1.21 bits per heavy atom. The van der Waals surface area contributed by atoms with Crippen LogP contribution in [0.2, 0.25) is 0 Å². The Kier molecular flexibility index (Phi) is 4.56. The maximum atomic E-state index is 5.51. The van der Waals surface area contributed by atoms with Crippen LogP contribution in [0.25, 0.3) is 6.08 Å². The van der Waals surface area contributed by atoms with Crippen LogP contribution in [0, 0.1) is 0 Å². The highest BCUT2D eigenvalue weighted by atomic mass is 16.5. The molecule has 0 bridgehead atoms. The summed E-state index contributed by atoms with van der Waals surface area (Å²) in [6, 6.07) is 8.06. The van der Waals surface area contributed by atoms with Crippen molar-refractivity contribution in [1.29, 1.82) is 0 Å². The maximum absolute atomic E-state index is 5.51. The van der Waals surface area contributed by atoms with Gasteiger partial charge < -0.3 is 4.74 Å². The summed E-state index contributed by atoms with van der Waals surface area (Å²) < 4.78 is 5.51. The summed E-state index contributed by atoms with van der Waals surface area (Å²) in [6.07, 6.45) is 8.05. The molecule has 0 spiro atoms. The predicted molar refractivity (Wildman–Crippen MR) is 61.5 cm³/mol. The molecule has 1 aromatic rings. The molecule has 0 fully saturated rings. The lowest BCUT2D eigenvalue weighted by Crippen LogP contribution is -1.92. The summed E-state index contributed by atoms with van der Waals surface area (Å²) in [7, 11) is 0. The van der Waals surface area contributed by atoms with Gasteiger partial charge in [-0.3, -0.25) is 0 Å². The molecule has 0 atom stereocenters. The van der Waals surface area contributed by atoms with E-state index < -0.39 is 0 Å². The Labute approximate surface area is 85.7 Å². The fourth-order valence-electron chi connectivity index (χ4n) is 1.14. The van der Waals surface area contributed by atoms with Gasteiger partial charge in [-0.05, 0) is 31.5 Å². The van der Waals surface area contributed by atoms with E-state index in [1.807, 2.05) is 50.3 Å². The topological polar surface area (TPSA) is 9.23 Å². The molecule has 1 nitrogen and oxygen atoms in total. The van der Waals surface area contributed by atoms with Gasteiger partial charge in [0, 0.05) is 0 Å². The molecule has 14 heavy (non-hydrogen) atoms. The zero-order valence-corrected chi connectivity index (χ0v) is 8.73. The molecule has 0 amide bonds. The van der Waals surface area contributed by atoms with Crippen LogP contribution in [-0.2, 0) is 0 Å². The molecule has 0 aliphatic rings. The number of ether oxygens (including phenoxy) is 1. The van der Waals surface area contributed by atoms with Crippen molar-refractivity contribution in [1.82, 2.24) is 0 Å².